The first-order valence-electron chi connectivity index (χ1n) is 11.1. The summed E-state index contributed by atoms with van der Waals surface area (Å²) >= 11 is 5.49. The van der Waals surface area contributed by atoms with E-state index in [4.69, 9.17) is 11.6 Å². The zero-order valence-electron chi connectivity index (χ0n) is 18.2. The molecule has 0 saturated heterocycles. The van der Waals surface area contributed by atoms with Crippen LogP contribution in [0.25, 0.3) is 0 Å². The van der Waals surface area contributed by atoms with Gasteiger partial charge in [-0.05, 0) is 49.4 Å². The summed E-state index contributed by atoms with van der Waals surface area (Å²) in [6, 6.07) is 5.57. The fourth-order valence-corrected chi connectivity index (χ4v) is 3.52. The molecule has 31 heavy (non-hydrogen) atoms. The second-order valence-electron chi connectivity index (χ2n) is 7.62. The Balaban J connectivity index is 2.47. The Morgan fingerprint density at radius 2 is 1.45 bits per heavy atom. The molecule has 0 aliphatic rings. The molecule has 0 saturated carbocycles. The zero-order valence-corrected chi connectivity index (χ0v) is 19.0. The van der Waals surface area contributed by atoms with E-state index >= 15 is 0 Å². The molecular weight excluding hydrogens is 427 g/mol. The van der Waals surface area contributed by atoms with Crippen LogP contribution in [0, 0.1) is 0 Å². The third-order valence-electron chi connectivity index (χ3n) is 5.04. The highest BCUT2D eigenvalue weighted by molar-refractivity contribution is 6.68. The number of alkyl halides is 3. The molecule has 0 aliphatic carbocycles. The Labute approximate surface area is 188 Å². The molecule has 174 valence electrons. The van der Waals surface area contributed by atoms with Gasteiger partial charge in [-0.25, -0.2) is 0 Å². The zero-order chi connectivity index (χ0) is 23.1. The van der Waals surface area contributed by atoms with Crippen molar-refractivity contribution < 1.29 is 22.8 Å². The number of halogens is 4. The van der Waals surface area contributed by atoms with E-state index in [9.17, 15) is 22.8 Å². The van der Waals surface area contributed by atoms with Crippen LogP contribution >= 0.6 is 11.6 Å². The van der Waals surface area contributed by atoms with Gasteiger partial charge in [-0.15, -0.1) is 0 Å². The predicted molar refractivity (Wildman–Crippen MR) is 121 cm³/mol. The Bertz CT molecular complexity index is 704. The van der Waals surface area contributed by atoms with Crippen molar-refractivity contribution in [2.75, 3.05) is 11.4 Å². The molecule has 1 aromatic carbocycles. The number of allylic oxidation sites excluding steroid dienone is 2. The van der Waals surface area contributed by atoms with E-state index in [0.29, 0.717) is 17.7 Å². The largest absolute Gasteiger partial charge is 0.471 e. The lowest BCUT2D eigenvalue weighted by Crippen LogP contribution is -2.42. The van der Waals surface area contributed by atoms with Crippen molar-refractivity contribution in [2.24, 2.45) is 0 Å². The van der Waals surface area contributed by atoms with Crippen LogP contribution in [-0.2, 0) is 4.79 Å². The van der Waals surface area contributed by atoms with Crippen molar-refractivity contribution in [2.45, 2.75) is 83.7 Å². The first-order valence-corrected chi connectivity index (χ1v) is 11.5. The number of hydrogen-bond donors (Lipinski definition) is 0. The molecule has 0 fully saturated rings. The maximum absolute atomic E-state index is 13.1. The Hall–Kier alpha value is -1.82. The Kier molecular flexibility index (Phi) is 13.2. The lowest BCUT2D eigenvalue weighted by Gasteiger charge is -2.25. The standard InChI is InChI=1S/C24H33ClF3NO2/c1-2-3-4-5-6-7-8-9-10-11-12-13-16-19-29(23(31)24(26,27)28)21-18-15-14-17-20(21)22(25)30/h11-12,14-15,17-18H,2-10,13,16,19H2,1H3. The van der Waals surface area contributed by atoms with Crippen LogP contribution in [0.2, 0.25) is 0 Å². The van der Waals surface area contributed by atoms with Gasteiger partial charge in [-0.1, -0.05) is 76.2 Å². The second kappa shape index (κ2) is 15.1. The summed E-state index contributed by atoms with van der Waals surface area (Å²) in [5.41, 5.74) is -0.236. The van der Waals surface area contributed by atoms with Gasteiger partial charge in [0.05, 0.1) is 11.3 Å². The van der Waals surface area contributed by atoms with Crippen molar-refractivity contribution in [1.29, 1.82) is 0 Å². The van der Waals surface area contributed by atoms with E-state index in [1.54, 1.807) is 0 Å². The minimum absolute atomic E-state index is 0.118. The first kappa shape index (κ1) is 27.2. The SMILES string of the molecule is CCCCCCCCCCC=CCCCN(C(=O)C(F)(F)F)c1ccccc1C(=O)Cl. The molecule has 0 spiro atoms. The van der Waals surface area contributed by atoms with Gasteiger partial charge < -0.3 is 4.90 Å². The monoisotopic (exact) mass is 459 g/mol. The van der Waals surface area contributed by atoms with Crippen LogP contribution in [0.4, 0.5) is 18.9 Å². The highest BCUT2D eigenvalue weighted by Crippen LogP contribution is 2.28. The summed E-state index contributed by atoms with van der Waals surface area (Å²) in [5.74, 6) is -2.00. The summed E-state index contributed by atoms with van der Waals surface area (Å²) < 4.78 is 39.2. The molecule has 0 aliphatic heterocycles. The molecule has 0 heterocycles. The lowest BCUT2D eigenvalue weighted by atomic mass is 10.1. The molecule has 0 unspecified atom stereocenters. The molecule has 3 nitrogen and oxygen atoms in total. The van der Waals surface area contributed by atoms with E-state index in [-0.39, 0.29) is 17.8 Å². The number of carbonyl (C=O) groups is 2. The number of anilines is 1. The summed E-state index contributed by atoms with van der Waals surface area (Å²) in [5, 5.41) is -0.902. The van der Waals surface area contributed by atoms with Gasteiger partial charge in [0.15, 0.2) is 0 Å². The Morgan fingerprint density at radius 3 is 2.03 bits per heavy atom. The smallest absolute Gasteiger partial charge is 0.304 e. The molecule has 0 N–H and O–H groups in total. The molecular formula is C24H33ClF3NO2. The first-order chi connectivity index (χ1) is 14.8. The number of nitrogens with zero attached hydrogens (tertiary/aromatic N) is 1. The molecule has 1 rings (SSSR count). The van der Waals surface area contributed by atoms with Crippen molar-refractivity contribution in [3.8, 4) is 0 Å². The number of hydrogen-bond acceptors (Lipinski definition) is 2. The molecule has 1 aromatic rings. The highest BCUT2D eigenvalue weighted by Gasteiger charge is 2.43. The molecule has 7 heteroatoms. The molecule has 0 radical (unpaired) electrons. The maximum Gasteiger partial charge on any atom is 0.471 e. The van der Waals surface area contributed by atoms with Gasteiger partial charge in [0.2, 0.25) is 0 Å². The second-order valence-corrected chi connectivity index (χ2v) is 7.97. The van der Waals surface area contributed by atoms with Crippen molar-refractivity contribution in [3.63, 3.8) is 0 Å². The van der Waals surface area contributed by atoms with Gasteiger partial charge in [0.1, 0.15) is 0 Å². The van der Waals surface area contributed by atoms with Crippen LogP contribution in [0.1, 0.15) is 87.9 Å². The van der Waals surface area contributed by atoms with Gasteiger partial charge >= 0.3 is 12.1 Å². The minimum Gasteiger partial charge on any atom is -0.304 e. The molecule has 0 aromatic heterocycles. The van der Waals surface area contributed by atoms with Gasteiger partial charge in [0, 0.05) is 6.54 Å². The summed E-state index contributed by atoms with van der Waals surface area (Å²) in [6.45, 7) is 2.05. The van der Waals surface area contributed by atoms with Crippen molar-refractivity contribution in [3.05, 3.63) is 42.0 Å². The number of carbonyl (C=O) groups excluding carboxylic acids is 2. The molecule has 1 amide bonds. The van der Waals surface area contributed by atoms with Gasteiger partial charge in [0.25, 0.3) is 5.24 Å². The van der Waals surface area contributed by atoms with Crippen LogP contribution in [0.15, 0.2) is 36.4 Å². The van der Waals surface area contributed by atoms with E-state index in [1.165, 1.54) is 69.2 Å². The van der Waals surface area contributed by atoms with E-state index in [0.717, 1.165) is 12.8 Å². The fraction of sp³-hybridized carbons (Fsp3) is 0.583. The lowest BCUT2D eigenvalue weighted by molar-refractivity contribution is -0.170. The van der Waals surface area contributed by atoms with Gasteiger partial charge in [-0.3, -0.25) is 9.59 Å². The number of para-hydroxylation sites is 1. The number of benzene rings is 1. The van der Waals surface area contributed by atoms with Crippen LogP contribution in [-0.4, -0.2) is 23.9 Å². The normalized spacial score (nSPS) is 11.8. The predicted octanol–water partition coefficient (Wildman–Crippen LogP) is 7.83. The van der Waals surface area contributed by atoms with E-state index in [2.05, 4.69) is 6.92 Å². The van der Waals surface area contributed by atoms with Gasteiger partial charge in [-0.2, -0.15) is 13.2 Å². The van der Waals surface area contributed by atoms with Crippen LogP contribution in [0.3, 0.4) is 0 Å². The quantitative estimate of drug-likeness (QED) is 0.152. The summed E-state index contributed by atoms with van der Waals surface area (Å²) in [7, 11) is 0. The Morgan fingerprint density at radius 1 is 0.903 bits per heavy atom. The summed E-state index contributed by atoms with van der Waals surface area (Å²) in [6.07, 6.45) is 10.8. The van der Waals surface area contributed by atoms with Crippen LogP contribution < -0.4 is 4.90 Å². The molecule has 0 atom stereocenters. The third kappa shape index (κ3) is 10.9. The van der Waals surface area contributed by atoms with Crippen molar-refractivity contribution >= 4 is 28.4 Å². The molecule has 0 bridgehead atoms. The topological polar surface area (TPSA) is 37.4 Å². The van der Waals surface area contributed by atoms with Crippen molar-refractivity contribution in [1.82, 2.24) is 0 Å². The number of rotatable bonds is 15. The average Bonchev–Trinajstić information content (AvgIpc) is 2.73. The number of amides is 1. The third-order valence-corrected chi connectivity index (χ3v) is 5.24. The highest BCUT2D eigenvalue weighted by atomic mass is 35.5. The summed E-state index contributed by atoms with van der Waals surface area (Å²) in [4.78, 5) is 24.1. The number of unbranched alkanes of at least 4 members (excludes halogenated alkanes) is 9. The minimum atomic E-state index is -5.03. The maximum atomic E-state index is 13.1. The van der Waals surface area contributed by atoms with E-state index < -0.39 is 17.3 Å². The average molecular weight is 460 g/mol. The fourth-order valence-electron chi connectivity index (χ4n) is 3.36. The van der Waals surface area contributed by atoms with E-state index in [1.807, 2.05) is 12.2 Å². The van der Waals surface area contributed by atoms with Crippen LogP contribution in [0.5, 0.6) is 0 Å².